The molecule has 2 heterocycles. The summed E-state index contributed by atoms with van der Waals surface area (Å²) >= 11 is 1.69. The zero-order chi connectivity index (χ0) is 13.1. The van der Waals surface area contributed by atoms with Crippen molar-refractivity contribution in [2.75, 3.05) is 23.3 Å². The third-order valence-electron chi connectivity index (χ3n) is 3.62. The number of hydrogen-bond acceptors (Lipinski definition) is 4. The third kappa shape index (κ3) is 2.89. The molecule has 1 N–H and O–H groups in total. The predicted molar refractivity (Wildman–Crippen MR) is 82.1 cm³/mol. The van der Waals surface area contributed by atoms with Crippen molar-refractivity contribution >= 4 is 22.7 Å². The molecule has 0 unspecified atom stereocenters. The van der Waals surface area contributed by atoms with Gasteiger partial charge in [-0.1, -0.05) is 0 Å². The molecule has 0 saturated carbocycles. The van der Waals surface area contributed by atoms with Crippen LogP contribution >= 0.6 is 11.3 Å². The summed E-state index contributed by atoms with van der Waals surface area (Å²) in [5, 5.41) is 3.49. The van der Waals surface area contributed by atoms with Gasteiger partial charge in [-0.2, -0.15) is 0 Å². The minimum atomic E-state index is 0.856. The average molecular weight is 273 g/mol. The maximum atomic E-state index is 4.10. The molecule has 3 rings (SSSR count). The first-order valence-corrected chi connectivity index (χ1v) is 7.68. The molecule has 1 aliphatic heterocycles. The number of anilines is 2. The molecule has 0 atom stereocenters. The molecule has 19 heavy (non-hydrogen) atoms. The number of thiazole rings is 1. The van der Waals surface area contributed by atoms with Crippen LogP contribution in [0.3, 0.4) is 0 Å². The minimum absolute atomic E-state index is 0.856. The average Bonchev–Trinajstić information content (AvgIpc) is 3.10. The fraction of sp³-hybridized carbons (Fsp3) is 0.400. The standard InChI is InChI=1S/C15H19N3S/c1-12-8-13(18-6-2-3-7-18)4-5-15(12)17-10-14-9-16-11-19-14/h4-5,8-9,11,17H,2-3,6-7,10H2,1H3. The summed E-state index contributed by atoms with van der Waals surface area (Å²) < 4.78 is 0. The normalized spacial score (nSPS) is 14.9. The van der Waals surface area contributed by atoms with Gasteiger partial charge in [0.15, 0.2) is 0 Å². The first kappa shape index (κ1) is 12.5. The van der Waals surface area contributed by atoms with Crippen LogP contribution in [0.4, 0.5) is 11.4 Å². The van der Waals surface area contributed by atoms with Crippen molar-refractivity contribution in [3.05, 3.63) is 40.3 Å². The SMILES string of the molecule is Cc1cc(N2CCCC2)ccc1NCc1cncs1. The largest absolute Gasteiger partial charge is 0.380 e. The molecular formula is C15H19N3S. The number of nitrogens with one attached hydrogen (secondary N) is 1. The Morgan fingerprint density at radius 2 is 2.16 bits per heavy atom. The highest BCUT2D eigenvalue weighted by Gasteiger charge is 2.12. The zero-order valence-corrected chi connectivity index (χ0v) is 12.0. The first-order valence-electron chi connectivity index (χ1n) is 6.80. The molecular weight excluding hydrogens is 254 g/mol. The number of aryl methyl sites for hydroxylation is 1. The van der Waals surface area contributed by atoms with E-state index >= 15 is 0 Å². The fourth-order valence-corrected chi connectivity index (χ4v) is 3.06. The highest BCUT2D eigenvalue weighted by atomic mass is 32.1. The topological polar surface area (TPSA) is 28.2 Å². The minimum Gasteiger partial charge on any atom is -0.380 e. The van der Waals surface area contributed by atoms with Gasteiger partial charge < -0.3 is 10.2 Å². The summed E-state index contributed by atoms with van der Waals surface area (Å²) in [6, 6.07) is 6.72. The number of aromatic nitrogens is 1. The lowest BCUT2D eigenvalue weighted by Crippen LogP contribution is -2.17. The van der Waals surface area contributed by atoms with E-state index in [1.807, 2.05) is 11.7 Å². The van der Waals surface area contributed by atoms with Crippen LogP contribution in [0.1, 0.15) is 23.3 Å². The Labute approximate surface area is 118 Å². The molecule has 0 amide bonds. The van der Waals surface area contributed by atoms with Crippen LogP contribution in [-0.4, -0.2) is 18.1 Å². The summed E-state index contributed by atoms with van der Waals surface area (Å²) in [6.07, 6.45) is 4.57. The van der Waals surface area contributed by atoms with Crippen molar-refractivity contribution in [2.45, 2.75) is 26.3 Å². The van der Waals surface area contributed by atoms with E-state index in [1.165, 1.54) is 47.7 Å². The Hall–Kier alpha value is -1.55. The number of benzene rings is 1. The van der Waals surface area contributed by atoms with E-state index in [0.717, 1.165) is 6.54 Å². The van der Waals surface area contributed by atoms with E-state index in [9.17, 15) is 0 Å². The molecule has 1 fully saturated rings. The van der Waals surface area contributed by atoms with E-state index in [4.69, 9.17) is 0 Å². The first-order chi connectivity index (χ1) is 9.33. The third-order valence-corrected chi connectivity index (χ3v) is 4.40. The van der Waals surface area contributed by atoms with Crippen LogP contribution in [0.2, 0.25) is 0 Å². The van der Waals surface area contributed by atoms with Crippen LogP contribution < -0.4 is 10.2 Å². The van der Waals surface area contributed by atoms with E-state index in [-0.39, 0.29) is 0 Å². The van der Waals surface area contributed by atoms with Gasteiger partial charge in [0.2, 0.25) is 0 Å². The second-order valence-electron chi connectivity index (χ2n) is 5.01. The second kappa shape index (κ2) is 5.61. The molecule has 1 aromatic carbocycles. The van der Waals surface area contributed by atoms with Gasteiger partial charge in [-0.25, -0.2) is 0 Å². The number of hydrogen-bond donors (Lipinski definition) is 1. The van der Waals surface area contributed by atoms with Crippen molar-refractivity contribution in [3.63, 3.8) is 0 Å². The molecule has 1 aromatic heterocycles. The van der Waals surface area contributed by atoms with Gasteiger partial charge in [0, 0.05) is 35.5 Å². The molecule has 100 valence electrons. The van der Waals surface area contributed by atoms with Gasteiger partial charge in [0.05, 0.1) is 12.1 Å². The van der Waals surface area contributed by atoms with E-state index in [2.05, 4.69) is 40.3 Å². The Morgan fingerprint density at radius 1 is 1.32 bits per heavy atom. The maximum absolute atomic E-state index is 4.10. The van der Waals surface area contributed by atoms with Gasteiger partial charge >= 0.3 is 0 Å². The maximum Gasteiger partial charge on any atom is 0.0794 e. The van der Waals surface area contributed by atoms with Gasteiger partial charge in [0.25, 0.3) is 0 Å². The zero-order valence-electron chi connectivity index (χ0n) is 11.2. The smallest absolute Gasteiger partial charge is 0.0794 e. The lowest BCUT2D eigenvalue weighted by molar-refractivity contribution is 0.949. The monoisotopic (exact) mass is 273 g/mol. The van der Waals surface area contributed by atoms with Crippen molar-refractivity contribution in [1.82, 2.24) is 4.98 Å². The lowest BCUT2D eigenvalue weighted by atomic mass is 10.1. The van der Waals surface area contributed by atoms with Gasteiger partial charge in [0.1, 0.15) is 0 Å². The summed E-state index contributed by atoms with van der Waals surface area (Å²) in [5.41, 5.74) is 5.77. The molecule has 1 aliphatic rings. The Balaban J connectivity index is 1.68. The van der Waals surface area contributed by atoms with Crippen LogP contribution in [0.25, 0.3) is 0 Å². The summed E-state index contributed by atoms with van der Waals surface area (Å²) in [6.45, 7) is 5.43. The fourth-order valence-electron chi connectivity index (χ4n) is 2.53. The quantitative estimate of drug-likeness (QED) is 0.921. The van der Waals surface area contributed by atoms with Crippen molar-refractivity contribution in [3.8, 4) is 0 Å². The van der Waals surface area contributed by atoms with E-state index in [0.29, 0.717) is 0 Å². The van der Waals surface area contributed by atoms with Crippen LogP contribution in [0, 0.1) is 6.92 Å². The summed E-state index contributed by atoms with van der Waals surface area (Å²) in [4.78, 5) is 7.83. The highest BCUT2D eigenvalue weighted by molar-refractivity contribution is 7.09. The lowest BCUT2D eigenvalue weighted by Gasteiger charge is -2.19. The van der Waals surface area contributed by atoms with Crippen LogP contribution in [-0.2, 0) is 6.54 Å². The molecule has 0 radical (unpaired) electrons. The second-order valence-corrected chi connectivity index (χ2v) is 5.99. The van der Waals surface area contributed by atoms with Crippen LogP contribution in [0.5, 0.6) is 0 Å². The highest BCUT2D eigenvalue weighted by Crippen LogP contribution is 2.26. The Bertz CT molecular complexity index is 530. The Kier molecular flexibility index (Phi) is 3.69. The van der Waals surface area contributed by atoms with Crippen molar-refractivity contribution in [2.24, 2.45) is 0 Å². The van der Waals surface area contributed by atoms with E-state index < -0.39 is 0 Å². The number of nitrogens with zero attached hydrogens (tertiary/aromatic N) is 2. The summed E-state index contributed by atoms with van der Waals surface area (Å²) in [7, 11) is 0. The molecule has 3 nitrogen and oxygen atoms in total. The van der Waals surface area contributed by atoms with Gasteiger partial charge in [-0.05, 0) is 43.5 Å². The molecule has 2 aromatic rings. The molecule has 0 bridgehead atoms. The number of rotatable bonds is 4. The van der Waals surface area contributed by atoms with Gasteiger partial charge in [-0.3, -0.25) is 4.98 Å². The van der Waals surface area contributed by atoms with Gasteiger partial charge in [-0.15, -0.1) is 11.3 Å². The molecule has 0 spiro atoms. The van der Waals surface area contributed by atoms with Crippen molar-refractivity contribution < 1.29 is 0 Å². The van der Waals surface area contributed by atoms with Crippen LogP contribution in [0.15, 0.2) is 29.9 Å². The molecule has 4 heteroatoms. The van der Waals surface area contributed by atoms with Crippen molar-refractivity contribution in [1.29, 1.82) is 0 Å². The van der Waals surface area contributed by atoms with E-state index in [1.54, 1.807) is 11.3 Å². The predicted octanol–water partition coefficient (Wildman–Crippen LogP) is 3.66. The molecule has 0 aliphatic carbocycles. The molecule has 1 saturated heterocycles. The Morgan fingerprint density at radius 3 is 2.84 bits per heavy atom. The summed E-state index contributed by atoms with van der Waals surface area (Å²) in [5.74, 6) is 0.